The Morgan fingerprint density at radius 1 is 1.40 bits per heavy atom. The number of aliphatic hydroxyl groups is 1. The largest absolute Gasteiger partial charge is 0.465 e. The summed E-state index contributed by atoms with van der Waals surface area (Å²) in [5.41, 5.74) is 0.777. The number of hydrogen-bond donors (Lipinski definition) is 2. The van der Waals surface area contributed by atoms with Crippen LogP contribution in [-0.2, 0) is 16.6 Å². The van der Waals surface area contributed by atoms with Crippen molar-refractivity contribution in [1.82, 2.24) is 4.72 Å². The van der Waals surface area contributed by atoms with Crippen LogP contribution >= 0.6 is 11.3 Å². The zero-order valence-electron chi connectivity index (χ0n) is 11.5. The molecular formula is C13H17NO4S2. The van der Waals surface area contributed by atoms with Crippen LogP contribution in [0.5, 0.6) is 0 Å². The first-order chi connectivity index (χ1) is 9.33. The smallest absolute Gasteiger partial charge is 0.250 e. The van der Waals surface area contributed by atoms with Crippen molar-refractivity contribution in [2.24, 2.45) is 0 Å². The molecule has 0 bridgehead atoms. The number of nitrogens with one attached hydrogen (secondary N) is 1. The monoisotopic (exact) mass is 315 g/mol. The Balaban J connectivity index is 2.22. The Morgan fingerprint density at radius 3 is 2.60 bits per heavy atom. The molecule has 2 aromatic rings. The second-order valence-electron chi connectivity index (χ2n) is 4.62. The molecule has 1 unspecified atom stereocenters. The van der Waals surface area contributed by atoms with Crippen molar-refractivity contribution >= 4 is 21.4 Å². The van der Waals surface area contributed by atoms with Gasteiger partial charge in [-0.05, 0) is 44.5 Å². The summed E-state index contributed by atoms with van der Waals surface area (Å²) in [6.45, 7) is 5.16. The van der Waals surface area contributed by atoms with Crippen molar-refractivity contribution in [3.63, 3.8) is 0 Å². The first kappa shape index (κ1) is 15.2. The van der Waals surface area contributed by atoms with Crippen LogP contribution in [0.1, 0.15) is 34.9 Å². The summed E-state index contributed by atoms with van der Waals surface area (Å²) in [6.07, 6.45) is 0. The van der Waals surface area contributed by atoms with E-state index in [-0.39, 0.29) is 10.8 Å². The summed E-state index contributed by atoms with van der Waals surface area (Å²) in [6, 6.07) is 4.66. The van der Waals surface area contributed by atoms with Gasteiger partial charge in [0.2, 0.25) is 0 Å². The molecule has 2 aromatic heterocycles. The lowest BCUT2D eigenvalue weighted by molar-refractivity contribution is 0.285. The molecule has 2 N–H and O–H groups in total. The highest BCUT2D eigenvalue weighted by molar-refractivity contribution is 7.91. The molecule has 0 saturated heterocycles. The fourth-order valence-corrected chi connectivity index (χ4v) is 4.49. The van der Waals surface area contributed by atoms with E-state index in [1.54, 1.807) is 39.0 Å². The first-order valence-corrected chi connectivity index (χ1v) is 8.42. The van der Waals surface area contributed by atoms with Gasteiger partial charge in [0, 0.05) is 4.88 Å². The van der Waals surface area contributed by atoms with Gasteiger partial charge in [-0.1, -0.05) is 0 Å². The summed E-state index contributed by atoms with van der Waals surface area (Å²) >= 11 is 1.08. The average Bonchev–Trinajstić information content (AvgIpc) is 2.95. The Bertz CT molecular complexity index is 700. The molecule has 0 aliphatic carbocycles. The molecule has 0 aliphatic rings. The number of aliphatic hydroxyl groups excluding tert-OH is 1. The fourth-order valence-electron chi connectivity index (χ4n) is 1.81. The summed E-state index contributed by atoms with van der Waals surface area (Å²) < 4.78 is 32.8. The number of thiophene rings is 1. The summed E-state index contributed by atoms with van der Waals surface area (Å²) in [4.78, 5) is 0.659. The minimum Gasteiger partial charge on any atom is -0.465 e. The van der Waals surface area contributed by atoms with E-state index in [4.69, 9.17) is 9.52 Å². The van der Waals surface area contributed by atoms with Crippen molar-refractivity contribution in [3.8, 4) is 0 Å². The average molecular weight is 315 g/mol. The van der Waals surface area contributed by atoms with Gasteiger partial charge in [-0.25, -0.2) is 13.1 Å². The topological polar surface area (TPSA) is 79.5 Å². The van der Waals surface area contributed by atoms with Gasteiger partial charge in [-0.15, -0.1) is 11.3 Å². The molecule has 20 heavy (non-hydrogen) atoms. The van der Waals surface area contributed by atoms with E-state index >= 15 is 0 Å². The highest BCUT2D eigenvalue weighted by Crippen LogP contribution is 2.27. The molecule has 0 radical (unpaired) electrons. The molecule has 2 heterocycles. The Morgan fingerprint density at radius 2 is 2.10 bits per heavy atom. The molecule has 2 rings (SSSR count). The first-order valence-electron chi connectivity index (χ1n) is 6.12. The molecule has 110 valence electrons. The van der Waals surface area contributed by atoms with Crippen LogP contribution in [0, 0.1) is 13.8 Å². The van der Waals surface area contributed by atoms with Crippen molar-refractivity contribution in [3.05, 3.63) is 40.2 Å². The minimum atomic E-state index is -3.61. The molecular weight excluding hydrogens is 298 g/mol. The number of aryl methyl sites for hydroxylation is 2. The zero-order valence-corrected chi connectivity index (χ0v) is 13.1. The predicted octanol–water partition coefficient (Wildman–Crippen LogP) is 2.49. The van der Waals surface area contributed by atoms with E-state index in [0.29, 0.717) is 10.6 Å². The van der Waals surface area contributed by atoms with E-state index in [1.807, 2.05) is 0 Å². The maximum atomic E-state index is 12.3. The molecule has 5 nitrogen and oxygen atoms in total. The molecule has 0 aromatic carbocycles. The molecule has 0 aliphatic heterocycles. The van der Waals surface area contributed by atoms with Crippen LogP contribution < -0.4 is 4.72 Å². The number of rotatable bonds is 5. The van der Waals surface area contributed by atoms with Crippen LogP contribution in [-0.4, -0.2) is 13.5 Å². The van der Waals surface area contributed by atoms with Gasteiger partial charge < -0.3 is 9.52 Å². The van der Waals surface area contributed by atoms with E-state index in [9.17, 15) is 8.42 Å². The molecule has 0 amide bonds. The normalized spacial score (nSPS) is 13.6. The highest BCUT2D eigenvalue weighted by atomic mass is 32.2. The standard InChI is InChI=1S/C13H17NO4S2/c1-8-6-13(19-12(8)7-15)20(16,17)14-10(3)11-5-4-9(2)18-11/h4-6,10,14-15H,7H2,1-3H3. The highest BCUT2D eigenvalue weighted by Gasteiger charge is 2.23. The van der Waals surface area contributed by atoms with Crippen molar-refractivity contribution in [2.45, 2.75) is 37.6 Å². The third-order valence-corrected chi connectivity index (χ3v) is 6.16. The minimum absolute atomic E-state index is 0.154. The van der Waals surface area contributed by atoms with Crippen LogP contribution in [0.25, 0.3) is 0 Å². The van der Waals surface area contributed by atoms with Crippen LogP contribution in [0.15, 0.2) is 26.8 Å². The van der Waals surface area contributed by atoms with E-state index in [1.165, 1.54) is 0 Å². The van der Waals surface area contributed by atoms with Gasteiger partial charge in [0.05, 0.1) is 12.6 Å². The lowest BCUT2D eigenvalue weighted by Gasteiger charge is -2.10. The molecule has 0 fully saturated rings. The van der Waals surface area contributed by atoms with Crippen molar-refractivity contribution in [2.75, 3.05) is 0 Å². The third kappa shape index (κ3) is 3.12. The fraction of sp³-hybridized carbons (Fsp3) is 0.385. The van der Waals surface area contributed by atoms with Gasteiger partial charge in [0.1, 0.15) is 15.7 Å². The Labute approximate surface area is 122 Å². The Kier molecular flexibility index (Phi) is 4.33. The molecule has 7 heteroatoms. The van der Waals surface area contributed by atoms with Gasteiger partial charge in [0.15, 0.2) is 0 Å². The van der Waals surface area contributed by atoms with Crippen LogP contribution in [0.3, 0.4) is 0 Å². The summed E-state index contributed by atoms with van der Waals surface area (Å²) in [7, 11) is -3.61. The maximum absolute atomic E-state index is 12.3. The number of hydrogen-bond acceptors (Lipinski definition) is 5. The second-order valence-corrected chi connectivity index (χ2v) is 7.70. The summed E-state index contributed by atoms with van der Waals surface area (Å²) in [5, 5.41) is 9.14. The Hall–Kier alpha value is -1.15. The number of sulfonamides is 1. The van der Waals surface area contributed by atoms with E-state index in [2.05, 4.69) is 4.72 Å². The van der Waals surface area contributed by atoms with Crippen molar-refractivity contribution < 1.29 is 17.9 Å². The molecule has 0 spiro atoms. The lowest BCUT2D eigenvalue weighted by atomic mass is 10.3. The quantitative estimate of drug-likeness (QED) is 0.888. The second kappa shape index (κ2) is 5.69. The number of furan rings is 1. The predicted molar refractivity (Wildman–Crippen MR) is 77.2 cm³/mol. The summed E-state index contributed by atoms with van der Waals surface area (Å²) in [5.74, 6) is 1.31. The molecule has 1 atom stereocenters. The van der Waals surface area contributed by atoms with Crippen molar-refractivity contribution in [1.29, 1.82) is 0 Å². The molecule has 0 saturated carbocycles. The SMILES string of the molecule is Cc1ccc(C(C)NS(=O)(=O)c2cc(C)c(CO)s2)o1. The van der Waals surface area contributed by atoms with Crippen LogP contribution in [0.2, 0.25) is 0 Å². The third-order valence-electron chi connectivity index (χ3n) is 2.93. The van der Waals surface area contributed by atoms with Gasteiger partial charge in [-0.2, -0.15) is 0 Å². The van der Waals surface area contributed by atoms with E-state index < -0.39 is 16.1 Å². The van der Waals surface area contributed by atoms with E-state index in [0.717, 1.165) is 22.7 Å². The van der Waals surface area contributed by atoms with Crippen LogP contribution in [0.4, 0.5) is 0 Å². The van der Waals surface area contributed by atoms with Gasteiger partial charge in [-0.3, -0.25) is 0 Å². The lowest BCUT2D eigenvalue weighted by Crippen LogP contribution is -2.25. The van der Waals surface area contributed by atoms with Gasteiger partial charge >= 0.3 is 0 Å². The van der Waals surface area contributed by atoms with Gasteiger partial charge in [0.25, 0.3) is 10.0 Å². The zero-order chi connectivity index (χ0) is 14.9. The maximum Gasteiger partial charge on any atom is 0.250 e.